The molecule has 0 saturated carbocycles. The Morgan fingerprint density at radius 1 is 1.15 bits per heavy atom. The molecule has 0 saturated heterocycles. The maximum Gasteiger partial charge on any atom is 0.261 e. The minimum Gasteiger partial charge on any atom is -0.319 e. The molecule has 2 aromatic heterocycles. The zero-order chi connectivity index (χ0) is 14.1. The summed E-state index contributed by atoms with van der Waals surface area (Å²) in [6, 6.07) is 10.6. The third-order valence-electron chi connectivity index (χ3n) is 3.25. The van der Waals surface area contributed by atoms with Crippen LogP contribution in [0.4, 0.5) is 0 Å². The predicted octanol–water partition coefficient (Wildman–Crippen LogP) is 1.14. The summed E-state index contributed by atoms with van der Waals surface area (Å²) in [6.45, 7) is 0.340. The van der Waals surface area contributed by atoms with Gasteiger partial charge in [0.05, 0.1) is 23.8 Å². The standard InChI is InChI=1S/C15H13N3O2/c1-17-7-6-11(8-14(17)19)9-18-10-16-13-5-3-2-4-12(13)15(18)20/h2-8,10H,9H2,1H3. The number of para-hydroxylation sites is 1. The fraction of sp³-hybridized carbons (Fsp3) is 0.133. The van der Waals surface area contributed by atoms with Crippen LogP contribution in [0.1, 0.15) is 5.56 Å². The van der Waals surface area contributed by atoms with Crippen LogP contribution in [0.3, 0.4) is 0 Å². The molecule has 0 spiro atoms. The third-order valence-corrected chi connectivity index (χ3v) is 3.25. The maximum absolute atomic E-state index is 12.3. The van der Waals surface area contributed by atoms with E-state index in [1.54, 1.807) is 25.4 Å². The highest BCUT2D eigenvalue weighted by Crippen LogP contribution is 2.05. The van der Waals surface area contributed by atoms with Gasteiger partial charge in [0.1, 0.15) is 0 Å². The van der Waals surface area contributed by atoms with Crippen molar-refractivity contribution in [2.75, 3.05) is 0 Å². The van der Waals surface area contributed by atoms with Gasteiger partial charge in [0.2, 0.25) is 0 Å². The van der Waals surface area contributed by atoms with Gasteiger partial charge in [0.25, 0.3) is 11.1 Å². The first-order valence-corrected chi connectivity index (χ1v) is 6.25. The Morgan fingerprint density at radius 3 is 2.75 bits per heavy atom. The van der Waals surface area contributed by atoms with Crippen molar-refractivity contribution in [2.24, 2.45) is 7.05 Å². The van der Waals surface area contributed by atoms with Crippen LogP contribution in [0.15, 0.2) is 58.5 Å². The number of fused-ring (bicyclic) bond motifs is 1. The van der Waals surface area contributed by atoms with E-state index in [1.165, 1.54) is 21.5 Å². The Hall–Kier alpha value is -2.69. The smallest absolute Gasteiger partial charge is 0.261 e. The number of nitrogens with zero attached hydrogens (tertiary/aromatic N) is 3. The molecule has 0 radical (unpaired) electrons. The van der Waals surface area contributed by atoms with Crippen molar-refractivity contribution in [2.45, 2.75) is 6.54 Å². The van der Waals surface area contributed by atoms with E-state index in [1.807, 2.05) is 18.2 Å². The van der Waals surface area contributed by atoms with E-state index in [4.69, 9.17) is 0 Å². The first-order valence-electron chi connectivity index (χ1n) is 6.25. The van der Waals surface area contributed by atoms with Gasteiger partial charge in [0.15, 0.2) is 0 Å². The molecule has 0 bridgehead atoms. The Bertz CT molecular complexity index is 893. The van der Waals surface area contributed by atoms with Crippen molar-refractivity contribution >= 4 is 10.9 Å². The molecule has 0 aliphatic rings. The topological polar surface area (TPSA) is 56.9 Å². The molecule has 2 heterocycles. The Morgan fingerprint density at radius 2 is 1.95 bits per heavy atom. The number of hydrogen-bond donors (Lipinski definition) is 0. The molecule has 3 rings (SSSR count). The van der Waals surface area contributed by atoms with Gasteiger partial charge in [0, 0.05) is 19.3 Å². The van der Waals surface area contributed by atoms with Gasteiger partial charge < -0.3 is 4.57 Å². The summed E-state index contributed by atoms with van der Waals surface area (Å²) in [5.74, 6) is 0. The minimum absolute atomic E-state index is 0.0932. The number of aromatic nitrogens is 3. The van der Waals surface area contributed by atoms with E-state index in [0.717, 1.165) is 5.56 Å². The van der Waals surface area contributed by atoms with Gasteiger partial charge >= 0.3 is 0 Å². The van der Waals surface area contributed by atoms with Crippen LogP contribution in [-0.4, -0.2) is 14.1 Å². The van der Waals surface area contributed by atoms with Crippen LogP contribution in [0, 0.1) is 0 Å². The van der Waals surface area contributed by atoms with E-state index in [-0.39, 0.29) is 11.1 Å². The van der Waals surface area contributed by atoms with Crippen molar-refractivity contribution in [3.8, 4) is 0 Å². The average Bonchev–Trinajstić information content (AvgIpc) is 2.46. The van der Waals surface area contributed by atoms with Gasteiger partial charge in [-0.1, -0.05) is 12.1 Å². The molecule has 20 heavy (non-hydrogen) atoms. The first kappa shape index (κ1) is 12.3. The summed E-state index contributed by atoms with van der Waals surface area (Å²) < 4.78 is 3.00. The number of benzene rings is 1. The monoisotopic (exact) mass is 267 g/mol. The minimum atomic E-state index is -0.101. The Balaban J connectivity index is 2.07. The molecule has 100 valence electrons. The van der Waals surface area contributed by atoms with Crippen molar-refractivity contribution in [3.05, 3.63) is 75.2 Å². The van der Waals surface area contributed by atoms with Crippen LogP contribution in [0.2, 0.25) is 0 Å². The second-order valence-corrected chi connectivity index (χ2v) is 4.68. The number of hydrogen-bond acceptors (Lipinski definition) is 3. The highest BCUT2D eigenvalue weighted by atomic mass is 16.1. The molecule has 0 amide bonds. The molecule has 5 nitrogen and oxygen atoms in total. The summed E-state index contributed by atoms with van der Waals surface area (Å²) in [5.41, 5.74) is 1.27. The van der Waals surface area contributed by atoms with Gasteiger partial charge in [-0.3, -0.25) is 14.2 Å². The van der Waals surface area contributed by atoms with Gasteiger partial charge in [-0.25, -0.2) is 4.98 Å². The second kappa shape index (κ2) is 4.77. The lowest BCUT2D eigenvalue weighted by Crippen LogP contribution is -2.22. The summed E-state index contributed by atoms with van der Waals surface area (Å²) in [4.78, 5) is 28.2. The Kier molecular flexibility index (Phi) is 2.95. The highest BCUT2D eigenvalue weighted by Gasteiger charge is 2.04. The SMILES string of the molecule is Cn1ccc(Cn2cnc3ccccc3c2=O)cc1=O. The largest absolute Gasteiger partial charge is 0.319 e. The lowest BCUT2D eigenvalue weighted by atomic mass is 10.2. The lowest BCUT2D eigenvalue weighted by molar-refractivity contribution is 0.739. The number of aryl methyl sites for hydroxylation is 1. The van der Waals surface area contributed by atoms with Crippen molar-refractivity contribution < 1.29 is 0 Å². The second-order valence-electron chi connectivity index (χ2n) is 4.68. The molecular weight excluding hydrogens is 254 g/mol. The molecule has 0 N–H and O–H groups in total. The quantitative estimate of drug-likeness (QED) is 0.699. The van der Waals surface area contributed by atoms with Crippen molar-refractivity contribution in [1.82, 2.24) is 14.1 Å². The van der Waals surface area contributed by atoms with Crippen LogP contribution < -0.4 is 11.1 Å². The molecular formula is C15H13N3O2. The van der Waals surface area contributed by atoms with E-state index in [9.17, 15) is 9.59 Å². The normalized spacial score (nSPS) is 10.8. The van der Waals surface area contributed by atoms with Crippen molar-refractivity contribution in [1.29, 1.82) is 0 Å². The maximum atomic E-state index is 12.3. The van der Waals surface area contributed by atoms with Crippen molar-refractivity contribution in [3.63, 3.8) is 0 Å². The van der Waals surface area contributed by atoms with Crippen LogP contribution >= 0.6 is 0 Å². The molecule has 0 unspecified atom stereocenters. The molecule has 1 aromatic carbocycles. The average molecular weight is 267 g/mol. The molecule has 3 aromatic rings. The van der Waals surface area contributed by atoms with E-state index in [0.29, 0.717) is 17.4 Å². The number of rotatable bonds is 2. The molecule has 0 aliphatic carbocycles. The molecule has 0 fully saturated rings. The Labute approximate surface area is 114 Å². The van der Waals surface area contributed by atoms with Gasteiger partial charge in [-0.2, -0.15) is 0 Å². The van der Waals surface area contributed by atoms with Crippen LogP contribution in [0.5, 0.6) is 0 Å². The summed E-state index contributed by atoms with van der Waals surface area (Å²) in [6.07, 6.45) is 3.21. The zero-order valence-electron chi connectivity index (χ0n) is 11.0. The van der Waals surface area contributed by atoms with E-state index < -0.39 is 0 Å². The highest BCUT2D eigenvalue weighted by molar-refractivity contribution is 5.76. The van der Waals surface area contributed by atoms with E-state index in [2.05, 4.69) is 4.98 Å². The third kappa shape index (κ3) is 2.14. The number of pyridine rings is 1. The van der Waals surface area contributed by atoms with Gasteiger partial charge in [-0.15, -0.1) is 0 Å². The fourth-order valence-electron chi connectivity index (χ4n) is 2.10. The molecule has 0 atom stereocenters. The molecule has 5 heteroatoms. The van der Waals surface area contributed by atoms with Crippen LogP contribution in [0.25, 0.3) is 10.9 Å². The van der Waals surface area contributed by atoms with Crippen LogP contribution in [-0.2, 0) is 13.6 Å². The molecule has 0 aliphatic heterocycles. The van der Waals surface area contributed by atoms with E-state index >= 15 is 0 Å². The lowest BCUT2D eigenvalue weighted by Gasteiger charge is -2.07. The predicted molar refractivity (Wildman–Crippen MR) is 76.8 cm³/mol. The first-order chi connectivity index (χ1) is 9.65. The fourth-order valence-corrected chi connectivity index (χ4v) is 2.10. The zero-order valence-corrected chi connectivity index (χ0v) is 11.0. The summed E-state index contributed by atoms with van der Waals surface area (Å²) in [5, 5.41) is 0.582. The van der Waals surface area contributed by atoms with Gasteiger partial charge in [-0.05, 0) is 23.8 Å². The summed E-state index contributed by atoms with van der Waals surface area (Å²) >= 11 is 0. The summed E-state index contributed by atoms with van der Waals surface area (Å²) in [7, 11) is 1.69.